The standard InChI is InChI=1S/C32H29N3O7/c1-17(31(36)34-16-18-6-10-24(38-2)26(14-18)40-4)42-19-7-9-23-22(15-19)20-12-13-33-28-21-8-11-25(39-3)30(41-5)27(21)32(37)35(23)29(20)28/h6-15,17H,16H2,1-5H3,(H,34,36)/t17-/m1/s1. The van der Waals surface area contributed by atoms with Gasteiger partial charge in [-0.2, -0.15) is 0 Å². The van der Waals surface area contributed by atoms with Crippen molar-refractivity contribution >= 4 is 44.0 Å². The topological polar surface area (TPSA) is 110 Å². The molecule has 0 aliphatic heterocycles. The number of ether oxygens (including phenoxy) is 5. The highest BCUT2D eigenvalue weighted by Gasteiger charge is 2.23. The summed E-state index contributed by atoms with van der Waals surface area (Å²) < 4.78 is 29.4. The van der Waals surface area contributed by atoms with Crippen LogP contribution >= 0.6 is 0 Å². The number of pyridine rings is 2. The summed E-state index contributed by atoms with van der Waals surface area (Å²) >= 11 is 0. The van der Waals surface area contributed by atoms with Gasteiger partial charge < -0.3 is 29.0 Å². The second-order valence-electron chi connectivity index (χ2n) is 9.77. The molecule has 3 aromatic carbocycles. The Labute approximate surface area is 240 Å². The lowest BCUT2D eigenvalue weighted by molar-refractivity contribution is -0.127. The van der Waals surface area contributed by atoms with Gasteiger partial charge in [0.2, 0.25) is 0 Å². The second kappa shape index (κ2) is 10.6. The van der Waals surface area contributed by atoms with Crippen LogP contribution in [0.5, 0.6) is 28.7 Å². The number of rotatable bonds is 9. The number of methoxy groups -OCH3 is 4. The molecular weight excluding hydrogens is 538 g/mol. The molecule has 6 rings (SSSR count). The average molecular weight is 568 g/mol. The van der Waals surface area contributed by atoms with E-state index < -0.39 is 6.10 Å². The molecule has 1 atom stereocenters. The van der Waals surface area contributed by atoms with Crippen LogP contribution in [0.1, 0.15) is 12.5 Å². The van der Waals surface area contributed by atoms with Crippen LogP contribution in [0.3, 0.4) is 0 Å². The van der Waals surface area contributed by atoms with Gasteiger partial charge in [-0.3, -0.25) is 19.0 Å². The maximum Gasteiger partial charge on any atom is 0.267 e. The fourth-order valence-electron chi connectivity index (χ4n) is 5.45. The minimum atomic E-state index is -0.772. The molecule has 0 aliphatic rings. The van der Waals surface area contributed by atoms with Crippen LogP contribution in [0.4, 0.5) is 0 Å². The summed E-state index contributed by atoms with van der Waals surface area (Å²) in [5.41, 5.74) is 2.69. The molecule has 10 nitrogen and oxygen atoms in total. The summed E-state index contributed by atoms with van der Waals surface area (Å²) in [6.45, 7) is 1.99. The van der Waals surface area contributed by atoms with Gasteiger partial charge in [0.25, 0.3) is 11.5 Å². The first kappa shape index (κ1) is 26.9. The van der Waals surface area contributed by atoms with Gasteiger partial charge in [-0.05, 0) is 61.0 Å². The van der Waals surface area contributed by atoms with E-state index in [9.17, 15) is 9.59 Å². The van der Waals surface area contributed by atoms with E-state index >= 15 is 0 Å². The lowest BCUT2D eigenvalue weighted by Crippen LogP contribution is -2.35. The number of aromatic nitrogens is 2. The first-order valence-corrected chi connectivity index (χ1v) is 13.3. The Bertz CT molecular complexity index is 2040. The van der Waals surface area contributed by atoms with Crippen LogP contribution in [-0.2, 0) is 11.3 Å². The van der Waals surface area contributed by atoms with Crippen molar-refractivity contribution in [3.63, 3.8) is 0 Å². The molecule has 0 radical (unpaired) electrons. The molecule has 1 amide bonds. The van der Waals surface area contributed by atoms with Crippen LogP contribution < -0.4 is 34.6 Å². The molecule has 0 saturated carbocycles. The molecule has 0 bridgehead atoms. The number of hydrogen-bond acceptors (Lipinski definition) is 8. The maximum absolute atomic E-state index is 13.9. The Morgan fingerprint density at radius 3 is 2.36 bits per heavy atom. The van der Waals surface area contributed by atoms with Crippen molar-refractivity contribution in [1.82, 2.24) is 14.7 Å². The molecule has 42 heavy (non-hydrogen) atoms. The lowest BCUT2D eigenvalue weighted by atomic mass is 10.1. The average Bonchev–Trinajstić information content (AvgIpc) is 3.36. The van der Waals surface area contributed by atoms with Crippen molar-refractivity contribution in [3.05, 3.63) is 76.7 Å². The van der Waals surface area contributed by atoms with E-state index in [0.717, 1.165) is 16.3 Å². The highest BCUT2D eigenvalue weighted by Crippen LogP contribution is 2.39. The van der Waals surface area contributed by atoms with Crippen molar-refractivity contribution in [1.29, 1.82) is 0 Å². The number of carbonyl (C=O) groups excluding carboxylic acids is 1. The van der Waals surface area contributed by atoms with E-state index in [1.54, 1.807) is 49.9 Å². The van der Waals surface area contributed by atoms with Gasteiger partial charge >= 0.3 is 0 Å². The van der Waals surface area contributed by atoms with Gasteiger partial charge in [-0.15, -0.1) is 0 Å². The van der Waals surface area contributed by atoms with Crippen LogP contribution in [0, 0.1) is 0 Å². The first-order chi connectivity index (χ1) is 20.4. The third-order valence-electron chi connectivity index (χ3n) is 7.46. The fraction of sp³-hybridized carbons (Fsp3) is 0.219. The van der Waals surface area contributed by atoms with Crippen molar-refractivity contribution in [2.75, 3.05) is 28.4 Å². The number of carbonyl (C=O) groups is 1. The van der Waals surface area contributed by atoms with Gasteiger partial charge in [-0.25, -0.2) is 0 Å². The zero-order chi connectivity index (χ0) is 29.5. The lowest BCUT2D eigenvalue weighted by Gasteiger charge is -2.15. The molecule has 0 fully saturated rings. The van der Waals surface area contributed by atoms with Crippen molar-refractivity contribution in [2.45, 2.75) is 19.6 Å². The molecule has 0 saturated heterocycles. The summed E-state index contributed by atoms with van der Waals surface area (Å²) in [6.07, 6.45) is 0.946. The molecule has 3 aromatic heterocycles. The quantitative estimate of drug-likeness (QED) is 0.250. The predicted molar refractivity (Wildman–Crippen MR) is 160 cm³/mol. The van der Waals surface area contributed by atoms with Gasteiger partial charge in [0.1, 0.15) is 5.75 Å². The molecule has 10 heteroatoms. The molecule has 0 unspecified atom stereocenters. The zero-order valence-corrected chi connectivity index (χ0v) is 23.8. The second-order valence-corrected chi connectivity index (χ2v) is 9.77. The Kier molecular flexibility index (Phi) is 6.82. The summed E-state index contributed by atoms with van der Waals surface area (Å²) in [7, 11) is 6.18. The summed E-state index contributed by atoms with van der Waals surface area (Å²) in [5.74, 6) is 2.25. The van der Waals surface area contributed by atoms with E-state index in [1.165, 1.54) is 14.2 Å². The van der Waals surface area contributed by atoms with Gasteiger partial charge in [0.05, 0.1) is 50.4 Å². The molecule has 1 N–H and O–H groups in total. The summed E-state index contributed by atoms with van der Waals surface area (Å²) in [6, 6.07) is 16.4. The Hall–Kier alpha value is -5.25. The smallest absolute Gasteiger partial charge is 0.267 e. The normalized spacial score (nSPS) is 12.1. The third kappa shape index (κ3) is 4.23. The molecular formula is C32H29N3O7. The van der Waals surface area contributed by atoms with Crippen LogP contribution in [0.2, 0.25) is 0 Å². The van der Waals surface area contributed by atoms with E-state index in [4.69, 9.17) is 23.7 Å². The van der Waals surface area contributed by atoms with Gasteiger partial charge in [0.15, 0.2) is 29.1 Å². The third-order valence-corrected chi connectivity index (χ3v) is 7.46. The molecule has 6 aromatic rings. The Morgan fingerprint density at radius 1 is 0.857 bits per heavy atom. The highest BCUT2D eigenvalue weighted by molar-refractivity contribution is 6.19. The van der Waals surface area contributed by atoms with Crippen molar-refractivity contribution in [2.24, 2.45) is 0 Å². The Morgan fingerprint density at radius 2 is 1.62 bits per heavy atom. The van der Waals surface area contributed by atoms with Crippen molar-refractivity contribution < 1.29 is 28.5 Å². The number of nitrogens with one attached hydrogen (secondary N) is 1. The number of benzene rings is 3. The molecule has 0 aliphatic carbocycles. The number of fused-ring (bicyclic) bond motifs is 5. The molecule has 214 valence electrons. The predicted octanol–water partition coefficient (Wildman–Crippen LogP) is 4.71. The molecule has 0 spiro atoms. The van der Waals surface area contributed by atoms with Crippen LogP contribution in [0.15, 0.2) is 65.6 Å². The number of amides is 1. The number of nitrogens with zero attached hydrogens (tertiary/aromatic N) is 2. The van der Waals surface area contributed by atoms with Gasteiger partial charge in [0, 0.05) is 28.9 Å². The van der Waals surface area contributed by atoms with Crippen LogP contribution in [-0.4, -0.2) is 49.8 Å². The van der Waals surface area contributed by atoms with E-state index in [2.05, 4.69) is 10.3 Å². The minimum absolute atomic E-state index is 0.238. The van der Waals surface area contributed by atoms with E-state index in [-0.39, 0.29) is 11.5 Å². The minimum Gasteiger partial charge on any atom is -0.493 e. The first-order valence-electron chi connectivity index (χ1n) is 13.3. The summed E-state index contributed by atoms with van der Waals surface area (Å²) in [4.78, 5) is 31.5. The zero-order valence-electron chi connectivity index (χ0n) is 23.8. The summed E-state index contributed by atoms with van der Waals surface area (Å²) in [5, 5.41) is 5.62. The largest absolute Gasteiger partial charge is 0.493 e. The molecule has 3 heterocycles. The Balaban J connectivity index is 1.34. The fourth-order valence-corrected chi connectivity index (χ4v) is 5.45. The maximum atomic E-state index is 13.9. The van der Waals surface area contributed by atoms with Crippen molar-refractivity contribution in [3.8, 4) is 28.7 Å². The van der Waals surface area contributed by atoms with E-state index in [1.807, 2.05) is 36.4 Å². The van der Waals surface area contributed by atoms with Gasteiger partial charge in [-0.1, -0.05) is 6.07 Å². The van der Waals surface area contributed by atoms with Crippen LogP contribution in [0.25, 0.3) is 38.1 Å². The number of hydrogen-bond donors (Lipinski definition) is 1. The highest BCUT2D eigenvalue weighted by atomic mass is 16.5. The monoisotopic (exact) mass is 567 g/mol. The SMILES string of the molecule is COc1ccc(CNC(=O)[C@@H](C)Oc2ccc3c(c2)c2ccnc4c5ccc(OC)c(OC)c5c(=O)n3c24)cc1OC. The van der Waals surface area contributed by atoms with E-state index in [0.29, 0.717) is 62.6 Å².